The molecule has 0 unspecified atom stereocenters. The number of carbonyl (C=O) groups excluding carboxylic acids is 1. The van der Waals surface area contributed by atoms with Crippen molar-refractivity contribution in [2.45, 2.75) is 45.6 Å². The quantitative estimate of drug-likeness (QED) is 0.800. The van der Waals surface area contributed by atoms with Crippen LogP contribution in [0.5, 0.6) is 0 Å². The lowest BCUT2D eigenvalue weighted by Gasteiger charge is -2.32. The van der Waals surface area contributed by atoms with E-state index in [-0.39, 0.29) is 18.1 Å². The minimum absolute atomic E-state index is 0.0339. The SMILES string of the molecule is CCC(C)(CC)NC(=O)N1CCCN(CC(=O)O)CC1. The summed E-state index contributed by atoms with van der Waals surface area (Å²) in [7, 11) is 0. The number of carboxylic acid groups (broad SMARTS) is 1. The van der Waals surface area contributed by atoms with E-state index in [1.807, 2.05) is 4.90 Å². The number of urea groups is 1. The molecular weight excluding hydrogens is 258 g/mol. The number of carbonyl (C=O) groups is 2. The maximum Gasteiger partial charge on any atom is 0.317 e. The number of aliphatic carboxylic acids is 1. The summed E-state index contributed by atoms with van der Waals surface area (Å²) < 4.78 is 0. The molecule has 1 aliphatic rings. The molecule has 0 spiro atoms. The number of carboxylic acids is 1. The molecule has 0 saturated carbocycles. The Morgan fingerprint density at radius 3 is 2.35 bits per heavy atom. The number of rotatable bonds is 5. The van der Waals surface area contributed by atoms with Gasteiger partial charge in [0.05, 0.1) is 6.54 Å². The second-order valence-corrected chi connectivity index (χ2v) is 5.71. The standard InChI is InChI=1S/C14H27N3O3/c1-4-14(3,5-2)15-13(20)17-8-6-7-16(9-10-17)11-12(18)19/h4-11H2,1-3H3,(H,15,20)(H,18,19). The molecule has 2 N–H and O–H groups in total. The molecule has 6 heteroatoms. The van der Waals surface area contributed by atoms with Crippen molar-refractivity contribution in [2.75, 3.05) is 32.7 Å². The van der Waals surface area contributed by atoms with Gasteiger partial charge in [-0.05, 0) is 26.2 Å². The number of amides is 2. The minimum Gasteiger partial charge on any atom is -0.480 e. The first-order valence-electron chi connectivity index (χ1n) is 7.41. The maximum atomic E-state index is 12.3. The van der Waals surface area contributed by atoms with Crippen LogP contribution in [0.25, 0.3) is 0 Å². The fraction of sp³-hybridized carbons (Fsp3) is 0.857. The van der Waals surface area contributed by atoms with E-state index < -0.39 is 5.97 Å². The predicted octanol–water partition coefficient (Wildman–Crippen LogP) is 1.37. The highest BCUT2D eigenvalue weighted by Gasteiger charge is 2.26. The van der Waals surface area contributed by atoms with Crippen LogP contribution in [-0.2, 0) is 4.79 Å². The molecule has 1 heterocycles. The zero-order valence-corrected chi connectivity index (χ0v) is 12.8. The van der Waals surface area contributed by atoms with Crippen LogP contribution in [-0.4, -0.2) is 65.2 Å². The highest BCUT2D eigenvalue weighted by Crippen LogP contribution is 2.14. The summed E-state index contributed by atoms with van der Waals surface area (Å²) in [4.78, 5) is 26.7. The van der Waals surface area contributed by atoms with Gasteiger partial charge in [0.1, 0.15) is 0 Å². The van der Waals surface area contributed by atoms with Crippen molar-refractivity contribution in [2.24, 2.45) is 0 Å². The van der Waals surface area contributed by atoms with E-state index >= 15 is 0 Å². The van der Waals surface area contributed by atoms with Crippen molar-refractivity contribution in [3.05, 3.63) is 0 Å². The van der Waals surface area contributed by atoms with Crippen LogP contribution in [0.15, 0.2) is 0 Å². The Hall–Kier alpha value is -1.30. The Morgan fingerprint density at radius 1 is 1.15 bits per heavy atom. The molecule has 1 saturated heterocycles. The Morgan fingerprint density at radius 2 is 1.80 bits per heavy atom. The summed E-state index contributed by atoms with van der Waals surface area (Å²) in [5, 5.41) is 11.9. The van der Waals surface area contributed by atoms with E-state index in [2.05, 4.69) is 26.1 Å². The second-order valence-electron chi connectivity index (χ2n) is 5.71. The average Bonchev–Trinajstić information content (AvgIpc) is 2.63. The highest BCUT2D eigenvalue weighted by molar-refractivity contribution is 5.75. The fourth-order valence-corrected chi connectivity index (χ4v) is 2.29. The molecule has 0 bridgehead atoms. The van der Waals surface area contributed by atoms with E-state index in [9.17, 15) is 9.59 Å². The van der Waals surface area contributed by atoms with Gasteiger partial charge >= 0.3 is 12.0 Å². The maximum absolute atomic E-state index is 12.3. The third-order valence-corrected chi connectivity index (χ3v) is 4.20. The lowest BCUT2D eigenvalue weighted by Crippen LogP contribution is -2.51. The van der Waals surface area contributed by atoms with Gasteiger partial charge in [0.2, 0.25) is 0 Å². The lowest BCUT2D eigenvalue weighted by molar-refractivity contribution is -0.138. The van der Waals surface area contributed by atoms with E-state index in [0.29, 0.717) is 19.6 Å². The minimum atomic E-state index is -0.813. The van der Waals surface area contributed by atoms with Crippen LogP contribution in [0.3, 0.4) is 0 Å². The first kappa shape index (κ1) is 16.8. The average molecular weight is 285 g/mol. The predicted molar refractivity (Wildman–Crippen MR) is 77.8 cm³/mol. The zero-order valence-electron chi connectivity index (χ0n) is 12.8. The van der Waals surface area contributed by atoms with Gasteiger partial charge in [-0.2, -0.15) is 0 Å². The lowest BCUT2D eigenvalue weighted by atomic mass is 9.96. The van der Waals surface area contributed by atoms with Gasteiger partial charge in [0.25, 0.3) is 0 Å². The molecular formula is C14H27N3O3. The fourth-order valence-electron chi connectivity index (χ4n) is 2.29. The van der Waals surface area contributed by atoms with E-state index in [0.717, 1.165) is 25.8 Å². The van der Waals surface area contributed by atoms with Gasteiger partial charge < -0.3 is 15.3 Å². The second kappa shape index (κ2) is 7.47. The molecule has 1 aliphatic heterocycles. The van der Waals surface area contributed by atoms with Crippen LogP contribution >= 0.6 is 0 Å². The molecule has 0 aromatic rings. The van der Waals surface area contributed by atoms with Crippen molar-refractivity contribution in [1.82, 2.24) is 15.1 Å². The van der Waals surface area contributed by atoms with Gasteiger partial charge in [0, 0.05) is 31.7 Å². The Labute approximate surface area is 121 Å². The van der Waals surface area contributed by atoms with Gasteiger partial charge in [-0.3, -0.25) is 9.69 Å². The van der Waals surface area contributed by atoms with Crippen LogP contribution in [0.4, 0.5) is 4.79 Å². The number of hydrogen-bond donors (Lipinski definition) is 2. The summed E-state index contributed by atoms with van der Waals surface area (Å²) in [6, 6.07) is -0.0339. The topological polar surface area (TPSA) is 72.9 Å². The molecule has 20 heavy (non-hydrogen) atoms. The summed E-state index contributed by atoms with van der Waals surface area (Å²) in [5.74, 6) is -0.813. The number of nitrogens with zero attached hydrogens (tertiary/aromatic N) is 2. The van der Waals surface area contributed by atoms with Crippen molar-refractivity contribution in [3.63, 3.8) is 0 Å². The molecule has 0 radical (unpaired) electrons. The van der Waals surface area contributed by atoms with Crippen molar-refractivity contribution < 1.29 is 14.7 Å². The van der Waals surface area contributed by atoms with Gasteiger partial charge in [-0.1, -0.05) is 13.8 Å². The molecule has 1 fully saturated rings. The summed E-state index contributed by atoms with van der Waals surface area (Å²) in [6.45, 7) is 8.87. The monoisotopic (exact) mass is 285 g/mol. The van der Waals surface area contributed by atoms with E-state index in [1.54, 1.807) is 4.90 Å². The first-order chi connectivity index (χ1) is 9.40. The number of nitrogens with one attached hydrogen (secondary N) is 1. The summed E-state index contributed by atoms with van der Waals surface area (Å²) in [5.41, 5.74) is -0.163. The smallest absolute Gasteiger partial charge is 0.317 e. The first-order valence-corrected chi connectivity index (χ1v) is 7.41. The third-order valence-electron chi connectivity index (χ3n) is 4.20. The molecule has 116 valence electrons. The molecule has 0 aromatic heterocycles. The third kappa shape index (κ3) is 5.00. The molecule has 0 aromatic carbocycles. The Kier molecular flexibility index (Phi) is 6.26. The van der Waals surface area contributed by atoms with Crippen LogP contribution in [0.2, 0.25) is 0 Å². The van der Waals surface area contributed by atoms with E-state index in [1.165, 1.54) is 0 Å². The summed E-state index contributed by atoms with van der Waals surface area (Å²) >= 11 is 0. The van der Waals surface area contributed by atoms with Crippen molar-refractivity contribution in [1.29, 1.82) is 0 Å². The Balaban J connectivity index is 2.52. The normalized spacial score (nSPS) is 17.6. The van der Waals surface area contributed by atoms with Crippen molar-refractivity contribution in [3.8, 4) is 0 Å². The van der Waals surface area contributed by atoms with Crippen molar-refractivity contribution >= 4 is 12.0 Å². The molecule has 2 amide bonds. The molecule has 0 aliphatic carbocycles. The zero-order chi connectivity index (χ0) is 15.2. The highest BCUT2D eigenvalue weighted by atomic mass is 16.4. The van der Waals surface area contributed by atoms with Crippen LogP contribution in [0.1, 0.15) is 40.0 Å². The Bertz CT molecular complexity index is 343. The molecule has 0 atom stereocenters. The largest absolute Gasteiger partial charge is 0.480 e. The van der Waals surface area contributed by atoms with Gasteiger partial charge in [-0.15, -0.1) is 0 Å². The molecule has 6 nitrogen and oxygen atoms in total. The van der Waals surface area contributed by atoms with Crippen LogP contribution < -0.4 is 5.32 Å². The van der Waals surface area contributed by atoms with Gasteiger partial charge in [-0.25, -0.2) is 4.79 Å². The number of hydrogen-bond acceptors (Lipinski definition) is 3. The van der Waals surface area contributed by atoms with Crippen LogP contribution in [0, 0.1) is 0 Å². The van der Waals surface area contributed by atoms with E-state index in [4.69, 9.17) is 5.11 Å². The summed E-state index contributed by atoms with van der Waals surface area (Å²) in [6.07, 6.45) is 2.61. The molecule has 1 rings (SSSR count). The van der Waals surface area contributed by atoms with Gasteiger partial charge in [0.15, 0.2) is 0 Å².